The summed E-state index contributed by atoms with van der Waals surface area (Å²) in [4.78, 5) is 11.2. The van der Waals surface area contributed by atoms with Crippen molar-refractivity contribution >= 4 is 5.97 Å². The topological polar surface area (TPSA) is 64.4 Å². The number of aryl methyl sites for hydroxylation is 2. The van der Waals surface area contributed by atoms with E-state index in [1.54, 1.807) is 6.92 Å². The number of nitrogens with one attached hydrogen (secondary N) is 1. The fourth-order valence-corrected chi connectivity index (χ4v) is 1.66. The maximum Gasteiger partial charge on any atom is 0.319 e. The number of carbonyl (C=O) groups excluding carboxylic acids is 1. The first-order valence-electron chi connectivity index (χ1n) is 5.38. The van der Waals surface area contributed by atoms with Crippen molar-refractivity contribution in [3.8, 4) is 0 Å². The molecular weight excluding hydrogens is 208 g/mol. The van der Waals surface area contributed by atoms with E-state index in [-0.39, 0.29) is 18.6 Å². The second-order valence-corrected chi connectivity index (χ2v) is 3.65. The standard InChI is InChI=1S/C11H18N2O3/c1-5-15-10(14)6-12-7(2)11-8(3)13-16-9(11)4/h7,12H,5-6H2,1-4H3. The summed E-state index contributed by atoms with van der Waals surface area (Å²) in [5.74, 6) is 0.530. The zero-order chi connectivity index (χ0) is 12.1. The summed E-state index contributed by atoms with van der Waals surface area (Å²) in [6.45, 7) is 8.09. The predicted octanol–water partition coefficient (Wildman–Crippen LogP) is 1.51. The van der Waals surface area contributed by atoms with Crippen molar-refractivity contribution < 1.29 is 14.1 Å². The highest BCUT2D eigenvalue weighted by Crippen LogP contribution is 2.20. The van der Waals surface area contributed by atoms with Crippen LogP contribution in [0, 0.1) is 13.8 Å². The molecule has 0 aromatic carbocycles. The fourth-order valence-electron chi connectivity index (χ4n) is 1.66. The number of hydrogen-bond donors (Lipinski definition) is 1. The molecule has 0 amide bonds. The van der Waals surface area contributed by atoms with Crippen LogP contribution in [0.25, 0.3) is 0 Å². The zero-order valence-electron chi connectivity index (χ0n) is 10.2. The third-order valence-electron chi connectivity index (χ3n) is 2.38. The van der Waals surface area contributed by atoms with Gasteiger partial charge in [0.2, 0.25) is 0 Å². The number of aromatic nitrogens is 1. The zero-order valence-corrected chi connectivity index (χ0v) is 10.2. The molecule has 0 saturated carbocycles. The van der Waals surface area contributed by atoms with E-state index in [9.17, 15) is 4.79 Å². The van der Waals surface area contributed by atoms with Gasteiger partial charge in [-0.2, -0.15) is 0 Å². The minimum absolute atomic E-state index is 0.0238. The van der Waals surface area contributed by atoms with E-state index < -0.39 is 0 Å². The molecule has 90 valence electrons. The average molecular weight is 226 g/mol. The van der Waals surface area contributed by atoms with Gasteiger partial charge >= 0.3 is 5.97 Å². The molecule has 0 fully saturated rings. The normalized spacial score (nSPS) is 12.5. The van der Waals surface area contributed by atoms with Gasteiger partial charge in [0, 0.05) is 11.6 Å². The van der Waals surface area contributed by atoms with Gasteiger partial charge in [0.1, 0.15) is 5.76 Å². The fraction of sp³-hybridized carbons (Fsp3) is 0.636. The molecule has 1 rings (SSSR count). The van der Waals surface area contributed by atoms with E-state index >= 15 is 0 Å². The van der Waals surface area contributed by atoms with Crippen LogP contribution >= 0.6 is 0 Å². The Morgan fingerprint density at radius 2 is 2.25 bits per heavy atom. The minimum atomic E-state index is -0.249. The SMILES string of the molecule is CCOC(=O)CNC(C)c1c(C)noc1C. The van der Waals surface area contributed by atoms with Gasteiger partial charge in [-0.15, -0.1) is 0 Å². The Balaban J connectivity index is 2.53. The molecule has 0 saturated heterocycles. The molecule has 1 heterocycles. The molecule has 1 atom stereocenters. The molecule has 1 aromatic heterocycles. The molecule has 1 aromatic rings. The van der Waals surface area contributed by atoms with Crippen molar-refractivity contribution in [1.29, 1.82) is 0 Å². The first-order valence-corrected chi connectivity index (χ1v) is 5.38. The molecule has 0 radical (unpaired) electrons. The number of hydrogen-bond acceptors (Lipinski definition) is 5. The van der Waals surface area contributed by atoms with Crippen LogP contribution in [0.1, 0.15) is 36.9 Å². The Bertz CT molecular complexity index is 341. The number of rotatable bonds is 5. The van der Waals surface area contributed by atoms with Crippen LogP contribution in [-0.4, -0.2) is 24.3 Å². The van der Waals surface area contributed by atoms with E-state index in [4.69, 9.17) is 9.26 Å². The predicted molar refractivity (Wildman–Crippen MR) is 59.0 cm³/mol. The van der Waals surface area contributed by atoms with Gasteiger partial charge in [-0.3, -0.25) is 4.79 Å². The van der Waals surface area contributed by atoms with Gasteiger partial charge in [0.25, 0.3) is 0 Å². The summed E-state index contributed by atoms with van der Waals surface area (Å²) < 4.78 is 9.89. The molecule has 5 nitrogen and oxygen atoms in total. The molecule has 1 N–H and O–H groups in total. The van der Waals surface area contributed by atoms with Crippen LogP contribution in [0.2, 0.25) is 0 Å². The van der Waals surface area contributed by atoms with Crippen molar-refractivity contribution in [2.75, 3.05) is 13.2 Å². The summed E-state index contributed by atoms with van der Waals surface area (Å²) in [5.41, 5.74) is 1.85. The van der Waals surface area contributed by atoms with Crippen molar-refractivity contribution in [3.05, 3.63) is 17.0 Å². The molecule has 0 bridgehead atoms. The Morgan fingerprint density at radius 1 is 1.56 bits per heavy atom. The van der Waals surface area contributed by atoms with Crippen LogP contribution in [0.3, 0.4) is 0 Å². The highest BCUT2D eigenvalue weighted by atomic mass is 16.5. The Hall–Kier alpha value is -1.36. The van der Waals surface area contributed by atoms with E-state index in [0.717, 1.165) is 17.0 Å². The summed E-state index contributed by atoms with van der Waals surface area (Å²) in [5, 5.41) is 6.95. The second-order valence-electron chi connectivity index (χ2n) is 3.65. The van der Waals surface area contributed by atoms with Gasteiger partial charge in [0.05, 0.1) is 18.8 Å². The lowest BCUT2D eigenvalue weighted by atomic mass is 10.1. The number of nitrogens with zero attached hydrogens (tertiary/aromatic N) is 1. The Morgan fingerprint density at radius 3 is 2.75 bits per heavy atom. The number of esters is 1. The molecule has 0 aliphatic carbocycles. The van der Waals surface area contributed by atoms with Crippen LogP contribution in [0.5, 0.6) is 0 Å². The molecule has 0 aliphatic heterocycles. The largest absolute Gasteiger partial charge is 0.465 e. The minimum Gasteiger partial charge on any atom is -0.465 e. The quantitative estimate of drug-likeness (QED) is 0.771. The number of ether oxygens (including phenoxy) is 1. The summed E-state index contributed by atoms with van der Waals surface area (Å²) in [7, 11) is 0. The summed E-state index contributed by atoms with van der Waals surface area (Å²) >= 11 is 0. The van der Waals surface area contributed by atoms with Crippen LogP contribution in [0.15, 0.2) is 4.52 Å². The van der Waals surface area contributed by atoms with E-state index in [0.29, 0.717) is 6.61 Å². The molecule has 0 spiro atoms. The van der Waals surface area contributed by atoms with Crippen molar-refractivity contribution in [1.82, 2.24) is 10.5 Å². The Labute approximate surface area is 95.1 Å². The first kappa shape index (κ1) is 12.7. The third-order valence-corrected chi connectivity index (χ3v) is 2.38. The average Bonchev–Trinajstić information content (AvgIpc) is 2.56. The first-order chi connectivity index (χ1) is 7.56. The molecule has 16 heavy (non-hydrogen) atoms. The maximum atomic E-state index is 11.2. The highest BCUT2D eigenvalue weighted by Gasteiger charge is 2.16. The van der Waals surface area contributed by atoms with Gasteiger partial charge < -0.3 is 14.6 Å². The van der Waals surface area contributed by atoms with Gasteiger partial charge in [-0.05, 0) is 27.7 Å². The van der Waals surface area contributed by atoms with E-state index in [1.165, 1.54) is 0 Å². The van der Waals surface area contributed by atoms with Gasteiger partial charge in [-0.25, -0.2) is 0 Å². The summed E-state index contributed by atoms with van der Waals surface area (Å²) in [6, 6.07) is 0.0238. The Kier molecular flexibility index (Phi) is 4.49. The van der Waals surface area contributed by atoms with Crippen LogP contribution in [0.4, 0.5) is 0 Å². The lowest BCUT2D eigenvalue weighted by Crippen LogP contribution is -2.27. The lowest BCUT2D eigenvalue weighted by Gasteiger charge is -2.12. The van der Waals surface area contributed by atoms with Gasteiger partial charge in [0.15, 0.2) is 0 Å². The summed E-state index contributed by atoms with van der Waals surface area (Å²) in [6.07, 6.45) is 0. The molecule has 5 heteroatoms. The lowest BCUT2D eigenvalue weighted by molar-refractivity contribution is -0.142. The monoisotopic (exact) mass is 226 g/mol. The molecule has 1 unspecified atom stereocenters. The van der Waals surface area contributed by atoms with Crippen molar-refractivity contribution in [2.45, 2.75) is 33.7 Å². The second kappa shape index (κ2) is 5.65. The maximum absolute atomic E-state index is 11.2. The van der Waals surface area contributed by atoms with Gasteiger partial charge in [-0.1, -0.05) is 5.16 Å². The van der Waals surface area contributed by atoms with Crippen LogP contribution < -0.4 is 5.32 Å². The van der Waals surface area contributed by atoms with E-state index in [2.05, 4.69) is 10.5 Å². The third kappa shape index (κ3) is 3.06. The molecule has 0 aliphatic rings. The van der Waals surface area contributed by atoms with E-state index in [1.807, 2.05) is 20.8 Å². The van der Waals surface area contributed by atoms with Crippen LogP contribution in [-0.2, 0) is 9.53 Å². The van der Waals surface area contributed by atoms with Crippen molar-refractivity contribution in [3.63, 3.8) is 0 Å². The highest BCUT2D eigenvalue weighted by molar-refractivity contribution is 5.71. The smallest absolute Gasteiger partial charge is 0.319 e. The number of carbonyl (C=O) groups is 1. The molecular formula is C11H18N2O3. The van der Waals surface area contributed by atoms with Crippen molar-refractivity contribution in [2.24, 2.45) is 0 Å².